The molecule has 6 rings (SSSR count). The van der Waals surface area contributed by atoms with Crippen LogP contribution in [0.15, 0.2) is 82.8 Å². The molecule has 0 bridgehead atoms. The second-order valence-corrected chi connectivity index (χ2v) is 16.7. The van der Waals surface area contributed by atoms with Gasteiger partial charge in [-0.05, 0) is 81.8 Å². The summed E-state index contributed by atoms with van der Waals surface area (Å²) in [4.78, 5) is 0. The largest absolute Gasteiger partial charge is 0.493 e. The molecule has 1 heterocycles. The maximum atomic E-state index is 17.1. The second-order valence-electron chi connectivity index (χ2n) is 16.7. The second kappa shape index (κ2) is 14.5. The van der Waals surface area contributed by atoms with Crippen molar-refractivity contribution in [3.63, 3.8) is 0 Å². The first-order valence-corrected chi connectivity index (χ1v) is 18.7. The zero-order chi connectivity index (χ0) is 42.9. The van der Waals surface area contributed by atoms with E-state index in [4.69, 9.17) is 23.4 Å². The number of fused-ring (bicyclic) bond motifs is 1. The zero-order valence-corrected chi connectivity index (χ0v) is 34.7. The predicted molar refractivity (Wildman–Crippen MR) is 217 cm³/mol. The number of halogens is 6. The highest BCUT2D eigenvalue weighted by molar-refractivity contribution is 6.11. The number of methoxy groups -OCH3 is 4. The van der Waals surface area contributed by atoms with Crippen molar-refractivity contribution >= 4 is 27.7 Å². The van der Waals surface area contributed by atoms with Gasteiger partial charge in [0.15, 0.2) is 23.0 Å². The van der Waals surface area contributed by atoms with Crippen molar-refractivity contribution < 1.29 is 49.7 Å². The van der Waals surface area contributed by atoms with Crippen molar-refractivity contribution in [2.24, 2.45) is 0 Å². The zero-order valence-electron chi connectivity index (χ0n) is 34.7. The van der Waals surface area contributed by atoms with Gasteiger partial charge in [-0.15, -0.1) is 0 Å². The van der Waals surface area contributed by atoms with Crippen LogP contribution in [0.1, 0.15) is 81.8 Å². The summed E-state index contributed by atoms with van der Waals surface area (Å²) in [6, 6.07) is 19.1. The molecule has 5 nitrogen and oxygen atoms in total. The Labute approximate surface area is 335 Å². The van der Waals surface area contributed by atoms with Gasteiger partial charge in [0.25, 0.3) is 0 Å². The summed E-state index contributed by atoms with van der Waals surface area (Å²) in [5, 5.41) is -0.163. The number of allylic oxidation sites excluding steroid dienone is 4. The molecule has 1 aliphatic rings. The molecule has 1 aliphatic carbocycles. The lowest BCUT2D eigenvalue weighted by Crippen LogP contribution is -2.49. The molecule has 4 aromatic carbocycles. The first-order chi connectivity index (χ1) is 27.0. The highest BCUT2D eigenvalue weighted by atomic mass is 19.3. The smallest absolute Gasteiger partial charge is 0.380 e. The SMILES string of the molecule is COc1cc(C)c(/C(C2=C(c3c(-c4ccc(C(C)(C)C)cc4)oc4cc(OC)c(OC)cc34)C(F)(F)C(F)(F)C2(F)F)=C(\C)c2ccc(C(C)(C)C)cc2)cc1OC. The van der Waals surface area contributed by atoms with Gasteiger partial charge < -0.3 is 23.4 Å². The Kier molecular flexibility index (Phi) is 10.6. The topological polar surface area (TPSA) is 50.1 Å². The highest BCUT2D eigenvalue weighted by Crippen LogP contribution is 2.67. The van der Waals surface area contributed by atoms with Crippen LogP contribution in [-0.2, 0) is 10.8 Å². The lowest BCUT2D eigenvalue weighted by Gasteiger charge is -2.27. The standard InChI is InChI=1S/C47H48F6O5/c1-25-21-34(54-9)35(55-10)22-31(25)38(26(2)27-13-17-29(18-14-27)43(3,4)5)40-41(46(50,51)47(52,53)45(40,48)49)39-32-23-36(56-11)37(57-12)24-33(32)58-42(39)28-15-19-30(20-16-28)44(6,7)8/h13-24H,1-12H3/b38-26-. The van der Waals surface area contributed by atoms with Crippen molar-refractivity contribution in [3.05, 3.63) is 112 Å². The van der Waals surface area contributed by atoms with Crippen LogP contribution < -0.4 is 18.9 Å². The lowest BCUT2D eigenvalue weighted by atomic mass is 9.82. The van der Waals surface area contributed by atoms with Crippen molar-refractivity contribution in [1.82, 2.24) is 0 Å². The minimum atomic E-state index is -5.90. The fourth-order valence-electron chi connectivity index (χ4n) is 7.52. The Bertz CT molecular complexity index is 2440. The lowest BCUT2D eigenvalue weighted by molar-refractivity contribution is -0.258. The molecule has 0 unspecified atom stereocenters. The van der Waals surface area contributed by atoms with Gasteiger partial charge in [-0.2, -0.15) is 26.3 Å². The molecule has 0 radical (unpaired) electrons. The number of furan rings is 1. The molecule has 58 heavy (non-hydrogen) atoms. The van der Waals surface area contributed by atoms with Crippen molar-refractivity contribution in [1.29, 1.82) is 0 Å². The quantitative estimate of drug-likeness (QED) is 0.110. The average molecular weight is 807 g/mol. The Morgan fingerprint density at radius 2 is 1.07 bits per heavy atom. The monoisotopic (exact) mass is 806 g/mol. The fraction of sp³-hybridized carbons (Fsp3) is 0.362. The number of benzene rings is 4. The number of rotatable bonds is 9. The number of alkyl halides is 6. The van der Waals surface area contributed by atoms with Crippen LogP contribution in [0.5, 0.6) is 23.0 Å². The first kappa shape index (κ1) is 42.3. The predicted octanol–water partition coefficient (Wildman–Crippen LogP) is 13.3. The average Bonchev–Trinajstić information content (AvgIpc) is 3.57. The summed E-state index contributed by atoms with van der Waals surface area (Å²) in [5.41, 5.74) is -2.37. The van der Waals surface area contributed by atoms with Gasteiger partial charge in [-0.3, -0.25) is 0 Å². The maximum absolute atomic E-state index is 17.1. The van der Waals surface area contributed by atoms with E-state index in [0.29, 0.717) is 5.56 Å². The van der Waals surface area contributed by atoms with E-state index < -0.39 is 40.1 Å². The number of aryl methyl sites for hydroxylation is 1. The third-order valence-electron chi connectivity index (χ3n) is 10.9. The third kappa shape index (κ3) is 6.70. The van der Waals surface area contributed by atoms with Crippen LogP contribution in [-0.4, -0.2) is 46.2 Å². The summed E-state index contributed by atoms with van der Waals surface area (Å²) < 4.78 is 129. The van der Waals surface area contributed by atoms with Crippen LogP contribution in [0.2, 0.25) is 0 Å². The summed E-state index contributed by atoms with van der Waals surface area (Å²) in [5.74, 6) is -16.6. The normalized spacial score (nSPS) is 16.7. The van der Waals surface area contributed by atoms with E-state index in [-0.39, 0.29) is 72.8 Å². The summed E-state index contributed by atoms with van der Waals surface area (Å²) in [7, 11) is 5.37. The number of hydrogen-bond donors (Lipinski definition) is 0. The van der Waals surface area contributed by atoms with Crippen molar-refractivity contribution in [2.45, 2.75) is 84.0 Å². The molecule has 0 aliphatic heterocycles. The Balaban J connectivity index is 1.86. The Morgan fingerprint density at radius 1 is 0.603 bits per heavy atom. The van der Waals surface area contributed by atoms with Crippen LogP contribution in [0.25, 0.3) is 39.0 Å². The van der Waals surface area contributed by atoms with Crippen LogP contribution in [0.3, 0.4) is 0 Å². The molecule has 0 fully saturated rings. The minimum Gasteiger partial charge on any atom is -0.493 e. The van der Waals surface area contributed by atoms with E-state index >= 15 is 26.3 Å². The maximum Gasteiger partial charge on any atom is 0.380 e. The number of hydrogen-bond acceptors (Lipinski definition) is 5. The third-order valence-corrected chi connectivity index (χ3v) is 10.9. The number of ether oxygens (including phenoxy) is 4. The molecule has 0 saturated heterocycles. The van der Waals surface area contributed by atoms with Gasteiger partial charge >= 0.3 is 17.8 Å². The molecular weight excluding hydrogens is 758 g/mol. The van der Waals surface area contributed by atoms with Crippen molar-refractivity contribution in [3.8, 4) is 34.3 Å². The Morgan fingerprint density at radius 3 is 1.57 bits per heavy atom. The summed E-state index contributed by atoms with van der Waals surface area (Å²) in [6.07, 6.45) is 0. The molecule has 0 spiro atoms. The van der Waals surface area contributed by atoms with E-state index in [0.717, 1.165) is 11.1 Å². The highest BCUT2D eigenvalue weighted by Gasteiger charge is 2.81. The molecule has 0 amide bonds. The van der Waals surface area contributed by atoms with E-state index in [2.05, 4.69) is 0 Å². The molecular formula is C47H48F6O5. The molecule has 5 aromatic rings. The van der Waals surface area contributed by atoms with E-state index in [1.54, 1.807) is 55.5 Å². The molecule has 0 N–H and O–H groups in total. The molecule has 0 atom stereocenters. The van der Waals surface area contributed by atoms with Gasteiger partial charge in [0.05, 0.1) is 28.4 Å². The molecule has 11 heteroatoms. The minimum absolute atomic E-state index is 0.0373. The molecule has 0 saturated carbocycles. The van der Waals surface area contributed by atoms with Crippen LogP contribution >= 0.6 is 0 Å². The summed E-state index contributed by atoms with van der Waals surface area (Å²) in [6.45, 7) is 15.0. The van der Waals surface area contributed by atoms with Gasteiger partial charge in [0.2, 0.25) is 0 Å². The van der Waals surface area contributed by atoms with Gasteiger partial charge in [0.1, 0.15) is 11.3 Å². The molecule has 308 valence electrons. The Hall–Kier alpha value is -5.32. The summed E-state index contributed by atoms with van der Waals surface area (Å²) >= 11 is 0. The van der Waals surface area contributed by atoms with Gasteiger partial charge in [-0.25, -0.2) is 0 Å². The van der Waals surface area contributed by atoms with Gasteiger partial charge in [0, 0.05) is 33.7 Å². The van der Waals surface area contributed by atoms with E-state index in [9.17, 15) is 0 Å². The van der Waals surface area contributed by atoms with Crippen molar-refractivity contribution in [2.75, 3.05) is 28.4 Å². The van der Waals surface area contributed by atoms with E-state index in [1.165, 1.54) is 59.6 Å². The van der Waals surface area contributed by atoms with Crippen LogP contribution in [0, 0.1) is 6.92 Å². The molecule has 1 aromatic heterocycles. The van der Waals surface area contributed by atoms with Crippen LogP contribution in [0.4, 0.5) is 26.3 Å². The van der Waals surface area contributed by atoms with Gasteiger partial charge in [-0.1, -0.05) is 90.1 Å². The van der Waals surface area contributed by atoms with E-state index in [1.807, 2.05) is 41.5 Å². The fourth-order valence-corrected chi connectivity index (χ4v) is 7.52. The first-order valence-electron chi connectivity index (χ1n) is 18.7.